The smallest absolute Gasteiger partial charge is 0.255 e. The van der Waals surface area contributed by atoms with Crippen molar-refractivity contribution in [1.82, 2.24) is 5.16 Å². The number of para-hydroxylation sites is 3. The maximum atomic E-state index is 12.8. The summed E-state index contributed by atoms with van der Waals surface area (Å²) >= 11 is 0. The van der Waals surface area contributed by atoms with E-state index in [-0.39, 0.29) is 23.7 Å². The van der Waals surface area contributed by atoms with Crippen molar-refractivity contribution in [3.63, 3.8) is 0 Å². The molecule has 0 spiro atoms. The summed E-state index contributed by atoms with van der Waals surface area (Å²) in [5, 5.41) is 10.6. The van der Waals surface area contributed by atoms with Gasteiger partial charge in [0.05, 0.1) is 17.8 Å². The number of nitrogens with zero attached hydrogens (tertiary/aromatic N) is 1. The van der Waals surface area contributed by atoms with Gasteiger partial charge in [0.15, 0.2) is 5.58 Å². The molecule has 2 amide bonds. The van der Waals surface area contributed by atoms with E-state index in [1.165, 1.54) is 0 Å². The standard InChI is InChI=1S/C26H25N3O3/c1-26(2,3)18-14-12-17(13-15-18)25(31)28-21-10-6-5-9-20(21)27-24(30)16-22-19-8-4-7-11-23(19)32-29-22/h4-15H,16H2,1-3H3,(H,27,30)(H,28,31). The minimum Gasteiger partial charge on any atom is -0.356 e. The van der Waals surface area contributed by atoms with Crippen molar-refractivity contribution in [3.05, 3.63) is 89.6 Å². The maximum absolute atomic E-state index is 12.8. The largest absolute Gasteiger partial charge is 0.356 e. The SMILES string of the molecule is CC(C)(C)c1ccc(C(=O)Nc2ccccc2NC(=O)Cc2noc3ccccc23)cc1. The van der Waals surface area contributed by atoms with Crippen LogP contribution in [0.1, 0.15) is 42.4 Å². The van der Waals surface area contributed by atoms with E-state index in [9.17, 15) is 9.59 Å². The van der Waals surface area contributed by atoms with Crippen LogP contribution in [0, 0.1) is 0 Å². The maximum Gasteiger partial charge on any atom is 0.255 e. The number of carbonyl (C=O) groups excluding carboxylic acids is 2. The van der Waals surface area contributed by atoms with Gasteiger partial charge in [0, 0.05) is 10.9 Å². The molecule has 4 rings (SSSR count). The van der Waals surface area contributed by atoms with Crippen LogP contribution in [0.25, 0.3) is 11.0 Å². The lowest BCUT2D eigenvalue weighted by Gasteiger charge is -2.19. The molecule has 0 saturated heterocycles. The van der Waals surface area contributed by atoms with Gasteiger partial charge < -0.3 is 15.2 Å². The highest BCUT2D eigenvalue weighted by atomic mass is 16.5. The first-order chi connectivity index (χ1) is 15.3. The van der Waals surface area contributed by atoms with Gasteiger partial charge in [-0.15, -0.1) is 0 Å². The van der Waals surface area contributed by atoms with Gasteiger partial charge in [0.25, 0.3) is 5.91 Å². The molecule has 0 atom stereocenters. The minimum atomic E-state index is -0.250. The zero-order valence-electron chi connectivity index (χ0n) is 18.3. The van der Waals surface area contributed by atoms with Crippen LogP contribution in [0.4, 0.5) is 11.4 Å². The Morgan fingerprint density at radius 2 is 1.47 bits per heavy atom. The molecule has 4 aromatic rings. The summed E-state index contributed by atoms with van der Waals surface area (Å²) in [6.45, 7) is 6.38. The predicted molar refractivity (Wildman–Crippen MR) is 126 cm³/mol. The molecule has 0 fully saturated rings. The molecule has 32 heavy (non-hydrogen) atoms. The van der Waals surface area contributed by atoms with Crippen molar-refractivity contribution in [3.8, 4) is 0 Å². The third kappa shape index (κ3) is 4.70. The van der Waals surface area contributed by atoms with Crippen LogP contribution in [-0.4, -0.2) is 17.0 Å². The number of nitrogens with one attached hydrogen (secondary N) is 2. The topological polar surface area (TPSA) is 84.2 Å². The summed E-state index contributed by atoms with van der Waals surface area (Å²) in [5.74, 6) is -0.491. The zero-order valence-corrected chi connectivity index (χ0v) is 18.3. The highest BCUT2D eigenvalue weighted by molar-refractivity contribution is 6.07. The van der Waals surface area contributed by atoms with Crippen LogP contribution in [-0.2, 0) is 16.6 Å². The fourth-order valence-corrected chi connectivity index (χ4v) is 3.43. The molecular weight excluding hydrogens is 402 g/mol. The number of carbonyl (C=O) groups is 2. The third-order valence-electron chi connectivity index (χ3n) is 5.24. The van der Waals surface area contributed by atoms with E-state index in [1.54, 1.807) is 24.3 Å². The fraction of sp³-hybridized carbons (Fsp3) is 0.192. The first-order valence-electron chi connectivity index (χ1n) is 10.5. The highest BCUT2D eigenvalue weighted by Gasteiger charge is 2.16. The van der Waals surface area contributed by atoms with Crippen molar-refractivity contribution < 1.29 is 14.1 Å². The van der Waals surface area contributed by atoms with E-state index < -0.39 is 0 Å². The van der Waals surface area contributed by atoms with Gasteiger partial charge in [0.1, 0.15) is 5.69 Å². The number of rotatable bonds is 5. The Kier molecular flexibility index (Phi) is 5.77. The fourth-order valence-electron chi connectivity index (χ4n) is 3.43. The molecule has 1 heterocycles. The molecule has 6 nitrogen and oxygen atoms in total. The Morgan fingerprint density at radius 1 is 0.844 bits per heavy atom. The van der Waals surface area contributed by atoms with Gasteiger partial charge in [-0.1, -0.05) is 62.3 Å². The molecule has 6 heteroatoms. The van der Waals surface area contributed by atoms with Crippen LogP contribution in [0.3, 0.4) is 0 Å². The molecule has 0 bridgehead atoms. The number of hydrogen-bond acceptors (Lipinski definition) is 4. The number of amides is 2. The lowest BCUT2D eigenvalue weighted by atomic mass is 9.87. The molecule has 162 valence electrons. The number of anilines is 2. The minimum absolute atomic E-state index is 0.0149. The van der Waals surface area contributed by atoms with E-state index in [0.717, 1.165) is 10.9 Å². The lowest BCUT2D eigenvalue weighted by Crippen LogP contribution is -2.18. The molecule has 0 aliphatic heterocycles. The number of aromatic nitrogens is 1. The summed E-state index contributed by atoms with van der Waals surface area (Å²) in [6.07, 6.45) is 0.0631. The second-order valence-electron chi connectivity index (χ2n) is 8.68. The molecule has 0 radical (unpaired) electrons. The second-order valence-corrected chi connectivity index (χ2v) is 8.68. The van der Waals surface area contributed by atoms with E-state index >= 15 is 0 Å². The molecule has 0 unspecified atom stereocenters. The summed E-state index contributed by atoms with van der Waals surface area (Å²) in [6, 6.07) is 22.1. The molecule has 2 N–H and O–H groups in total. The molecule has 1 aromatic heterocycles. The lowest BCUT2D eigenvalue weighted by molar-refractivity contribution is -0.115. The van der Waals surface area contributed by atoms with Gasteiger partial charge in [0.2, 0.25) is 5.91 Å². The predicted octanol–water partition coefficient (Wildman–Crippen LogP) is 5.56. The Balaban J connectivity index is 1.46. The van der Waals surface area contributed by atoms with E-state index in [0.29, 0.717) is 28.2 Å². The number of fused-ring (bicyclic) bond motifs is 1. The second kappa shape index (κ2) is 8.67. The van der Waals surface area contributed by atoms with Gasteiger partial charge in [-0.3, -0.25) is 9.59 Å². The van der Waals surface area contributed by atoms with Crippen molar-refractivity contribution in [2.24, 2.45) is 0 Å². The third-order valence-corrected chi connectivity index (χ3v) is 5.24. The van der Waals surface area contributed by atoms with Crippen molar-refractivity contribution in [2.75, 3.05) is 10.6 Å². The average Bonchev–Trinajstić information content (AvgIpc) is 3.17. The van der Waals surface area contributed by atoms with E-state index in [4.69, 9.17) is 4.52 Å². The van der Waals surface area contributed by atoms with Crippen molar-refractivity contribution in [2.45, 2.75) is 32.6 Å². The van der Waals surface area contributed by atoms with Crippen LogP contribution in [0.15, 0.2) is 77.3 Å². The van der Waals surface area contributed by atoms with Crippen LogP contribution in [0.2, 0.25) is 0 Å². The molecule has 0 aliphatic rings. The quantitative estimate of drug-likeness (QED) is 0.437. The van der Waals surface area contributed by atoms with Crippen LogP contribution < -0.4 is 10.6 Å². The van der Waals surface area contributed by atoms with Gasteiger partial charge >= 0.3 is 0 Å². The van der Waals surface area contributed by atoms with Crippen molar-refractivity contribution >= 4 is 34.2 Å². The Bertz CT molecular complexity index is 1270. The summed E-state index contributed by atoms with van der Waals surface area (Å²) in [7, 11) is 0. The first kappa shape index (κ1) is 21.3. The number of benzene rings is 3. The zero-order chi connectivity index (χ0) is 22.7. The Hall–Kier alpha value is -3.93. The molecular formula is C26H25N3O3. The van der Waals surface area contributed by atoms with Gasteiger partial charge in [-0.2, -0.15) is 0 Å². The van der Waals surface area contributed by atoms with E-state index in [1.807, 2.05) is 48.5 Å². The van der Waals surface area contributed by atoms with Gasteiger partial charge in [-0.25, -0.2) is 0 Å². The summed E-state index contributed by atoms with van der Waals surface area (Å²) in [4.78, 5) is 25.4. The monoisotopic (exact) mass is 427 g/mol. The van der Waals surface area contributed by atoms with Gasteiger partial charge in [-0.05, 0) is 47.4 Å². The highest BCUT2D eigenvalue weighted by Crippen LogP contribution is 2.25. The summed E-state index contributed by atoms with van der Waals surface area (Å²) < 4.78 is 5.27. The number of hydrogen-bond donors (Lipinski definition) is 2. The molecule has 0 saturated carbocycles. The van der Waals surface area contributed by atoms with Crippen LogP contribution >= 0.6 is 0 Å². The Labute approximate surface area is 186 Å². The van der Waals surface area contributed by atoms with Crippen LogP contribution in [0.5, 0.6) is 0 Å². The average molecular weight is 428 g/mol. The molecule has 0 aliphatic carbocycles. The molecule has 3 aromatic carbocycles. The normalized spacial score (nSPS) is 11.3. The van der Waals surface area contributed by atoms with Crippen molar-refractivity contribution in [1.29, 1.82) is 0 Å². The summed E-state index contributed by atoms with van der Waals surface area (Å²) in [5.41, 5.74) is 3.97. The Morgan fingerprint density at radius 3 is 2.16 bits per heavy atom. The van der Waals surface area contributed by atoms with E-state index in [2.05, 4.69) is 36.6 Å². The first-order valence-corrected chi connectivity index (χ1v) is 10.5.